The molecule has 0 N–H and O–H groups in total. The van der Waals surface area contributed by atoms with E-state index in [2.05, 4.69) is 13.8 Å². The monoisotopic (exact) mass is 186 g/mol. The lowest BCUT2D eigenvalue weighted by Gasteiger charge is -2.60. The molecule has 0 aliphatic heterocycles. The van der Waals surface area contributed by atoms with Gasteiger partial charge in [-0.25, -0.2) is 0 Å². The maximum absolute atomic E-state index is 5.81. The minimum absolute atomic E-state index is 0.648. The molecule has 12 heavy (non-hydrogen) atoms. The molecule has 3 atom stereocenters. The Kier molecular flexibility index (Phi) is 2.15. The van der Waals surface area contributed by atoms with Crippen molar-refractivity contribution in [2.45, 2.75) is 39.5 Å². The molecule has 0 radical (unpaired) electrons. The Morgan fingerprint density at radius 3 is 2.58 bits per heavy atom. The van der Waals surface area contributed by atoms with E-state index in [0.717, 1.165) is 23.6 Å². The molecule has 3 fully saturated rings. The van der Waals surface area contributed by atoms with Crippen molar-refractivity contribution < 1.29 is 0 Å². The van der Waals surface area contributed by atoms with Crippen LogP contribution < -0.4 is 0 Å². The molecule has 0 unspecified atom stereocenters. The van der Waals surface area contributed by atoms with Gasteiger partial charge >= 0.3 is 0 Å². The van der Waals surface area contributed by atoms with Gasteiger partial charge in [-0.1, -0.05) is 13.8 Å². The summed E-state index contributed by atoms with van der Waals surface area (Å²) in [5.41, 5.74) is 0.648. The van der Waals surface area contributed by atoms with E-state index < -0.39 is 0 Å². The molecular formula is C11H19Cl. The van der Waals surface area contributed by atoms with Gasteiger partial charge in [0.2, 0.25) is 0 Å². The normalized spacial score (nSPS) is 43.8. The Morgan fingerprint density at radius 2 is 2.08 bits per heavy atom. The molecule has 0 saturated heterocycles. The Labute approximate surface area is 80.7 Å². The van der Waals surface area contributed by atoms with Gasteiger partial charge in [-0.3, -0.25) is 0 Å². The Bertz CT molecular complexity index is 170. The summed E-state index contributed by atoms with van der Waals surface area (Å²) in [6, 6.07) is 0. The van der Waals surface area contributed by atoms with Gasteiger partial charge in [0.15, 0.2) is 0 Å². The lowest BCUT2D eigenvalue weighted by atomic mass is 9.45. The molecule has 3 aliphatic carbocycles. The fraction of sp³-hybridized carbons (Fsp3) is 1.00. The Morgan fingerprint density at radius 1 is 1.33 bits per heavy atom. The largest absolute Gasteiger partial charge is 0.127 e. The number of fused-ring (bicyclic) bond motifs is 2. The standard InChI is InChI=1S/C11H19Cl/c1-11(2)9-4-3-8(5-6-12)10(11)7-9/h8-10H,3-7H2,1-2H3/t8-,9-,10-/m0/s1. The zero-order chi connectivity index (χ0) is 8.77. The average Bonchev–Trinajstić information content (AvgIpc) is 2.05. The highest BCUT2D eigenvalue weighted by Crippen LogP contribution is 2.61. The van der Waals surface area contributed by atoms with Gasteiger partial charge in [-0.05, 0) is 48.9 Å². The van der Waals surface area contributed by atoms with Crippen LogP contribution in [0.5, 0.6) is 0 Å². The molecule has 0 amide bonds. The first-order valence-corrected chi connectivity index (χ1v) is 5.75. The van der Waals surface area contributed by atoms with E-state index in [-0.39, 0.29) is 0 Å². The highest BCUT2D eigenvalue weighted by atomic mass is 35.5. The first kappa shape index (κ1) is 8.87. The van der Waals surface area contributed by atoms with Crippen molar-refractivity contribution in [1.82, 2.24) is 0 Å². The minimum atomic E-state index is 0.648. The molecule has 2 bridgehead atoms. The smallest absolute Gasteiger partial charge is 0.0226 e. The van der Waals surface area contributed by atoms with E-state index >= 15 is 0 Å². The van der Waals surface area contributed by atoms with Crippen molar-refractivity contribution in [3.63, 3.8) is 0 Å². The molecule has 3 aliphatic rings. The van der Waals surface area contributed by atoms with Gasteiger partial charge in [0, 0.05) is 5.88 Å². The number of rotatable bonds is 2. The second-order valence-corrected chi connectivity index (χ2v) is 5.55. The summed E-state index contributed by atoms with van der Waals surface area (Å²) in [4.78, 5) is 0. The van der Waals surface area contributed by atoms with Crippen LogP contribution in [-0.2, 0) is 0 Å². The van der Waals surface area contributed by atoms with Crippen LogP contribution in [0.3, 0.4) is 0 Å². The molecule has 0 heterocycles. The van der Waals surface area contributed by atoms with Gasteiger partial charge in [-0.15, -0.1) is 11.6 Å². The molecule has 0 aromatic rings. The third kappa shape index (κ3) is 1.11. The summed E-state index contributed by atoms with van der Waals surface area (Å²) in [5, 5.41) is 0. The van der Waals surface area contributed by atoms with Gasteiger partial charge in [-0.2, -0.15) is 0 Å². The van der Waals surface area contributed by atoms with E-state index in [4.69, 9.17) is 11.6 Å². The summed E-state index contributed by atoms with van der Waals surface area (Å²) >= 11 is 5.81. The molecular weight excluding hydrogens is 168 g/mol. The molecule has 1 heteroatoms. The molecule has 3 rings (SSSR count). The van der Waals surface area contributed by atoms with Crippen LogP contribution in [0.4, 0.5) is 0 Å². The third-order valence-corrected chi connectivity index (χ3v) is 4.70. The summed E-state index contributed by atoms with van der Waals surface area (Å²) < 4.78 is 0. The number of hydrogen-bond donors (Lipinski definition) is 0. The van der Waals surface area contributed by atoms with Gasteiger partial charge < -0.3 is 0 Å². The maximum Gasteiger partial charge on any atom is 0.0226 e. The Balaban J connectivity index is 2.01. The molecule has 3 saturated carbocycles. The lowest BCUT2D eigenvalue weighted by Crippen LogP contribution is -2.52. The summed E-state index contributed by atoms with van der Waals surface area (Å²) in [6.07, 6.45) is 5.66. The fourth-order valence-corrected chi connectivity index (χ4v) is 3.73. The third-order valence-electron chi connectivity index (χ3n) is 4.48. The van der Waals surface area contributed by atoms with Crippen LogP contribution in [0.15, 0.2) is 0 Å². The van der Waals surface area contributed by atoms with Crippen molar-refractivity contribution in [3.05, 3.63) is 0 Å². The second kappa shape index (κ2) is 2.90. The zero-order valence-corrected chi connectivity index (χ0v) is 8.90. The number of alkyl halides is 1. The lowest BCUT2D eigenvalue weighted by molar-refractivity contribution is -0.105. The van der Waals surface area contributed by atoms with Crippen LogP contribution >= 0.6 is 11.6 Å². The van der Waals surface area contributed by atoms with E-state index in [1.165, 1.54) is 25.7 Å². The van der Waals surface area contributed by atoms with Crippen molar-refractivity contribution in [2.75, 3.05) is 5.88 Å². The predicted molar refractivity (Wildman–Crippen MR) is 53.4 cm³/mol. The van der Waals surface area contributed by atoms with Crippen LogP contribution in [0.1, 0.15) is 39.5 Å². The van der Waals surface area contributed by atoms with Gasteiger partial charge in [0.25, 0.3) is 0 Å². The van der Waals surface area contributed by atoms with Gasteiger partial charge in [0.1, 0.15) is 0 Å². The van der Waals surface area contributed by atoms with Crippen LogP contribution in [-0.4, -0.2) is 5.88 Å². The maximum atomic E-state index is 5.81. The fourth-order valence-electron chi connectivity index (χ4n) is 3.45. The molecule has 0 aromatic heterocycles. The summed E-state index contributed by atoms with van der Waals surface area (Å²) in [6.45, 7) is 4.90. The SMILES string of the molecule is CC1(C)[C@H]2CC[C@@H](CCCl)[C@@H]1C2. The highest BCUT2D eigenvalue weighted by molar-refractivity contribution is 6.17. The van der Waals surface area contributed by atoms with Crippen molar-refractivity contribution in [1.29, 1.82) is 0 Å². The van der Waals surface area contributed by atoms with Crippen LogP contribution in [0.25, 0.3) is 0 Å². The van der Waals surface area contributed by atoms with E-state index in [1.807, 2.05) is 0 Å². The second-order valence-electron chi connectivity index (χ2n) is 5.18. The minimum Gasteiger partial charge on any atom is -0.127 e. The zero-order valence-electron chi connectivity index (χ0n) is 8.15. The molecule has 70 valence electrons. The number of halogens is 1. The van der Waals surface area contributed by atoms with Crippen molar-refractivity contribution in [2.24, 2.45) is 23.2 Å². The van der Waals surface area contributed by atoms with E-state index in [9.17, 15) is 0 Å². The van der Waals surface area contributed by atoms with Crippen molar-refractivity contribution in [3.8, 4) is 0 Å². The van der Waals surface area contributed by atoms with Crippen LogP contribution in [0, 0.1) is 23.2 Å². The molecule has 0 aromatic carbocycles. The predicted octanol–water partition coefficient (Wildman–Crippen LogP) is 3.69. The average molecular weight is 187 g/mol. The van der Waals surface area contributed by atoms with E-state index in [0.29, 0.717) is 5.41 Å². The van der Waals surface area contributed by atoms with Crippen LogP contribution in [0.2, 0.25) is 0 Å². The van der Waals surface area contributed by atoms with Crippen molar-refractivity contribution >= 4 is 11.6 Å². The first-order chi connectivity index (χ1) is 5.66. The first-order valence-electron chi connectivity index (χ1n) is 5.22. The molecule has 0 nitrogen and oxygen atoms in total. The summed E-state index contributed by atoms with van der Waals surface area (Å²) in [7, 11) is 0. The summed E-state index contributed by atoms with van der Waals surface area (Å²) in [5.74, 6) is 3.84. The quantitative estimate of drug-likeness (QED) is 0.578. The number of hydrogen-bond acceptors (Lipinski definition) is 0. The Hall–Kier alpha value is 0.290. The van der Waals surface area contributed by atoms with E-state index in [1.54, 1.807) is 0 Å². The highest BCUT2D eigenvalue weighted by Gasteiger charge is 2.53. The topological polar surface area (TPSA) is 0 Å². The van der Waals surface area contributed by atoms with Gasteiger partial charge in [0.05, 0.1) is 0 Å². The molecule has 0 spiro atoms.